The predicted molar refractivity (Wildman–Crippen MR) is 85.5 cm³/mol. The van der Waals surface area contributed by atoms with Crippen LogP contribution in [0.1, 0.15) is 30.7 Å². The zero-order valence-corrected chi connectivity index (χ0v) is 12.6. The van der Waals surface area contributed by atoms with Crippen LogP contribution in [-0.4, -0.2) is 21.3 Å². The average Bonchev–Trinajstić information content (AvgIpc) is 2.50. The third-order valence-electron chi connectivity index (χ3n) is 4.02. The number of aromatic amines is 1. The van der Waals surface area contributed by atoms with Gasteiger partial charge in [-0.05, 0) is 30.7 Å². The molecule has 2 aromatic rings. The monoisotopic (exact) mass is 301 g/mol. The molecule has 1 heterocycles. The Morgan fingerprint density at radius 2 is 2.00 bits per heavy atom. The highest BCUT2D eigenvalue weighted by Gasteiger charge is 2.30. The van der Waals surface area contributed by atoms with Gasteiger partial charge in [0, 0.05) is 23.6 Å². The first-order chi connectivity index (χ1) is 10.2. The molecular weight excluding hydrogens is 282 g/mol. The minimum absolute atomic E-state index is 0.114. The lowest BCUT2D eigenvalue weighted by atomic mass is 9.82. The number of rotatable bonds is 3. The van der Waals surface area contributed by atoms with Crippen molar-refractivity contribution in [3.05, 3.63) is 58.5 Å². The zero-order chi connectivity index (χ0) is 14.7. The minimum Gasteiger partial charge on any atom is -0.327 e. The third kappa shape index (κ3) is 3.54. The van der Waals surface area contributed by atoms with Crippen LogP contribution in [0.25, 0.3) is 0 Å². The molecule has 1 fully saturated rings. The lowest BCUT2D eigenvalue weighted by molar-refractivity contribution is 0.405. The molecule has 0 amide bonds. The normalized spacial score (nSPS) is 25.7. The van der Waals surface area contributed by atoms with E-state index < -0.39 is 0 Å². The maximum absolute atomic E-state index is 11.4. The van der Waals surface area contributed by atoms with E-state index in [1.807, 2.05) is 6.07 Å². The third-order valence-corrected chi connectivity index (χ3v) is 5.30. The number of hydrogen-bond donors (Lipinski definition) is 2. The van der Waals surface area contributed by atoms with Gasteiger partial charge >= 0.3 is 0 Å². The Kier molecular flexibility index (Phi) is 4.41. The molecule has 3 unspecified atom stereocenters. The van der Waals surface area contributed by atoms with Crippen molar-refractivity contribution in [2.45, 2.75) is 41.6 Å². The van der Waals surface area contributed by atoms with E-state index in [0.717, 1.165) is 19.3 Å². The molecule has 0 aliphatic heterocycles. The van der Waals surface area contributed by atoms with Crippen LogP contribution < -0.4 is 11.3 Å². The van der Waals surface area contributed by atoms with Gasteiger partial charge < -0.3 is 10.7 Å². The van der Waals surface area contributed by atoms with Crippen LogP contribution >= 0.6 is 11.8 Å². The van der Waals surface area contributed by atoms with Crippen molar-refractivity contribution < 1.29 is 0 Å². The van der Waals surface area contributed by atoms with Crippen LogP contribution in [-0.2, 0) is 0 Å². The van der Waals surface area contributed by atoms with Crippen molar-refractivity contribution in [3.63, 3.8) is 0 Å². The molecule has 110 valence electrons. The maximum atomic E-state index is 11.4. The molecule has 3 N–H and O–H groups in total. The Hall–Kier alpha value is -1.59. The second-order valence-corrected chi connectivity index (χ2v) is 6.71. The van der Waals surface area contributed by atoms with Gasteiger partial charge in [-0.2, -0.15) is 0 Å². The first kappa shape index (κ1) is 14.4. The molecule has 1 aliphatic rings. The van der Waals surface area contributed by atoms with Crippen LogP contribution in [0.2, 0.25) is 0 Å². The molecule has 0 radical (unpaired) electrons. The van der Waals surface area contributed by atoms with E-state index in [1.165, 1.54) is 11.6 Å². The summed E-state index contributed by atoms with van der Waals surface area (Å²) < 4.78 is 0. The molecule has 1 aliphatic carbocycles. The predicted octanol–water partition coefficient (Wildman–Crippen LogP) is 2.53. The van der Waals surface area contributed by atoms with E-state index in [2.05, 4.69) is 34.2 Å². The fraction of sp³-hybridized carbons (Fsp3) is 0.375. The maximum Gasteiger partial charge on any atom is 0.251 e. The van der Waals surface area contributed by atoms with E-state index >= 15 is 0 Å². The van der Waals surface area contributed by atoms with E-state index in [1.54, 1.807) is 18.0 Å². The van der Waals surface area contributed by atoms with Gasteiger partial charge in [0.25, 0.3) is 5.56 Å². The summed E-state index contributed by atoms with van der Waals surface area (Å²) in [5, 5.41) is 0.950. The molecule has 0 spiro atoms. The van der Waals surface area contributed by atoms with Crippen LogP contribution in [0.4, 0.5) is 0 Å². The molecule has 21 heavy (non-hydrogen) atoms. The fourth-order valence-electron chi connectivity index (χ4n) is 2.87. The van der Waals surface area contributed by atoms with Crippen molar-refractivity contribution in [2.24, 2.45) is 5.73 Å². The Bertz CT molecular complexity index is 643. The van der Waals surface area contributed by atoms with Gasteiger partial charge in [-0.25, -0.2) is 4.98 Å². The van der Waals surface area contributed by atoms with E-state index in [4.69, 9.17) is 5.73 Å². The van der Waals surface area contributed by atoms with Crippen molar-refractivity contribution in [2.75, 3.05) is 0 Å². The topological polar surface area (TPSA) is 71.8 Å². The molecule has 1 aromatic carbocycles. The Morgan fingerprint density at radius 3 is 2.76 bits per heavy atom. The van der Waals surface area contributed by atoms with Crippen molar-refractivity contribution in [1.82, 2.24) is 9.97 Å². The summed E-state index contributed by atoms with van der Waals surface area (Å²) in [6, 6.07) is 12.2. The number of nitrogens with one attached hydrogen (secondary N) is 1. The highest BCUT2D eigenvalue weighted by atomic mass is 32.2. The van der Waals surface area contributed by atoms with Gasteiger partial charge in [0.1, 0.15) is 0 Å². The number of nitrogens with two attached hydrogens (primary N) is 1. The average molecular weight is 301 g/mol. The molecule has 5 heteroatoms. The molecule has 0 saturated heterocycles. The summed E-state index contributed by atoms with van der Waals surface area (Å²) in [6.07, 6.45) is 4.70. The SMILES string of the molecule is NC1CCC(c2ccccc2)CC1Sc1nccc(=O)[nH]1. The van der Waals surface area contributed by atoms with Crippen LogP contribution in [0.15, 0.2) is 52.5 Å². The minimum atomic E-state index is -0.114. The molecular formula is C16H19N3OS. The molecule has 4 nitrogen and oxygen atoms in total. The van der Waals surface area contributed by atoms with Crippen molar-refractivity contribution in [1.29, 1.82) is 0 Å². The highest BCUT2D eigenvalue weighted by Crippen LogP contribution is 2.38. The van der Waals surface area contributed by atoms with Gasteiger partial charge in [-0.3, -0.25) is 4.79 Å². The van der Waals surface area contributed by atoms with E-state index in [-0.39, 0.29) is 16.9 Å². The second kappa shape index (κ2) is 6.45. The first-order valence-corrected chi connectivity index (χ1v) is 8.13. The highest BCUT2D eigenvalue weighted by molar-refractivity contribution is 7.99. The quantitative estimate of drug-likeness (QED) is 0.855. The largest absolute Gasteiger partial charge is 0.327 e. The fourth-order valence-corrected chi connectivity index (χ4v) is 4.08. The van der Waals surface area contributed by atoms with Gasteiger partial charge in [0.2, 0.25) is 0 Å². The van der Waals surface area contributed by atoms with Gasteiger partial charge in [0.15, 0.2) is 5.16 Å². The summed E-state index contributed by atoms with van der Waals surface area (Å²) >= 11 is 1.59. The Labute approximate surface area is 128 Å². The lowest BCUT2D eigenvalue weighted by Crippen LogP contribution is -2.38. The van der Waals surface area contributed by atoms with Crippen LogP contribution in [0, 0.1) is 0 Å². The standard InChI is InChI=1S/C16H19N3OS/c17-13-7-6-12(11-4-2-1-3-5-11)10-14(13)21-16-18-9-8-15(20)19-16/h1-5,8-9,12-14H,6-7,10,17H2,(H,18,19,20). The van der Waals surface area contributed by atoms with E-state index in [9.17, 15) is 4.79 Å². The summed E-state index contributed by atoms with van der Waals surface area (Å²) in [6.45, 7) is 0. The Balaban J connectivity index is 1.73. The second-order valence-electron chi connectivity index (χ2n) is 5.48. The van der Waals surface area contributed by atoms with E-state index in [0.29, 0.717) is 11.1 Å². The van der Waals surface area contributed by atoms with Crippen LogP contribution in [0.5, 0.6) is 0 Å². The molecule has 0 bridgehead atoms. The number of hydrogen-bond acceptors (Lipinski definition) is 4. The number of benzene rings is 1. The smallest absolute Gasteiger partial charge is 0.251 e. The van der Waals surface area contributed by atoms with Gasteiger partial charge in [-0.1, -0.05) is 42.1 Å². The molecule has 1 saturated carbocycles. The lowest BCUT2D eigenvalue weighted by Gasteiger charge is -2.33. The summed E-state index contributed by atoms with van der Waals surface area (Å²) in [7, 11) is 0. The van der Waals surface area contributed by atoms with Gasteiger partial charge in [0.05, 0.1) is 0 Å². The summed E-state index contributed by atoms with van der Waals surface area (Å²) in [5.74, 6) is 0.541. The molecule has 1 aromatic heterocycles. The number of thioether (sulfide) groups is 1. The van der Waals surface area contributed by atoms with Crippen molar-refractivity contribution in [3.8, 4) is 0 Å². The van der Waals surface area contributed by atoms with Crippen molar-refractivity contribution >= 4 is 11.8 Å². The molecule has 3 atom stereocenters. The number of nitrogens with zero attached hydrogens (tertiary/aromatic N) is 1. The number of aromatic nitrogens is 2. The number of H-pyrrole nitrogens is 1. The van der Waals surface area contributed by atoms with Gasteiger partial charge in [-0.15, -0.1) is 0 Å². The first-order valence-electron chi connectivity index (χ1n) is 7.25. The Morgan fingerprint density at radius 1 is 1.19 bits per heavy atom. The summed E-state index contributed by atoms with van der Waals surface area (Å²) in [4.78, 5) is 18.3. The summed E-state index contributed by atoms with van der Waals surface area (Å²) in [5.41, 5.74) is 7.53. The zero-order valence-electron chi connectivity index (χ0n) is 11.7. The van der Waals surface area contributed by atoms with Crippen LogP contribution in [0.3, 0.4) is 0 Å². The molecule has 3 rings (SSSR count).